The summed E-state index contributed by atoms with van der Waals surface area (Å²) < 4.78 is 22.1. The molecule has 1 aromatic rings. The number of rotatable bonds is 2. The van der Waals surface area contributed by atoms with Gasteiger partial charge >= 0.3 is 0 Å². The van der Waals surface area contributed by atoms with E-state index >= 15 is 0 Å². The summed E-state index contributed by atoms with van der Waals surface area (Å²) >= 11 is 0. The van der Waals surface area contributed by atoms with Gasteiger partial charge in [0.05, 0.1) is 4.90 Å². The van der Waals surface area contributed by atoms with E-state index in [-0.39, 0.29) is 4.90 Å². The summed E-state index contributed by atoms with van der Waals surface area (Å²) in [6.45, 7) is 0. The Balaban J connectivity index is 3.15. The van der Waals surface area contributed by atoms with E-state index in [0.717, 1.165) is 6.26 Å². The Morgan fingerprint density at radius 3 is 2.14 bits per heavy atom. The minimum absolute atomic E-state index is 0.172. The van der Waals surface area contributed by atoms with Gasteiger partial charge in [-0.15, -0.1) is 6.42 Å². The molecule has 0 fully saturated rings. The van der Waals surface area contributed by atoms with Gasteiger partial charge in [-0.3, -0.25) is 4.79 Å². The molecule has 0 heterocycles. The second-order valence-corrected chi connectivity index (χ2v) is 4.79. The van der Waals surface area contributed by atoms with E-state index in [1.165, 1.54) is 24.3 Å². The molecular formula is C10H8O3S. The Labute approximate surface area is 82.7 Å². The van der Waals surface area contributed by atoms with E-state index in [1.54, 1.807) is 0 Å². The lowest BCUT2D eigenvalue weighted by Gasteiger charge is -1.98. The van der Waals surface area contributed by atoms with Crippen LogP contribution in [0.1, 0.15) is 10.4 Å². The lowest BCUT2D eigenvalue weighted by atomic mass is 10.1. The maximum atomic E-state index is 11.1. The van der Waals surface area contributed by atoms with Gasteiger partial charge in [-0.25, -0.2) is 8.42 Å². The Morgan fingerprint density at radius 2 is 1.79 bits per heavy atom. The van der Waals surface area contributed by atoms with Crippen molar-refractivity contribution < 1.29 is 13.2 Å². The summed E-state index contributed by atoms with van der Waals surface area (Å²) in [7, 11) is -3.21. The van der Waals surface area contributed by atoms with Gasteiger partial charge in [-0.2, -0.15) is 0 Å². The van der Waals surface area contributed by atoms with Gasteiger partial charge in [0.15, 0.2) is 9.84 Å². The van der Waals surface area contributed by atoms with Crippen LogP contribution in [0, 0.1) is 12.3 Å². The Bertz CT molecular complexity index is 489. The first-order chi connectivity index (χ1) is 6.45. The molecule has 0 bridgehead atoms. The highest BCUT2D eigenvalue weighted by molar-refractivity contribution is 7.90. The smallest absolute Gasteiger partial charge is 0.235 e. The maximum absolute atomic E-state index is 11.1. The summed E-state index contributed by atoms with van der Waals surface area (Å²) in [5.41, 5.74) is 0.319. The molecule has 0 saturated heterocycles. The average molecular weight is 208 g/mol. The fourth-order valence-electron chi connectivity index (χ4n) is 0.937. The zero-order chi connectivity index (χ0) is 10.8. The largest absolute Gasteiger partial charge is 0.279 e. The van der Waals surface area contributed by atoms with Crippen LogP contribution in [-0.4, -0.2) is 20.5 Å². The molecule has 0 amide bonds. The number of benzene rings is 1. The van der Waals surface area contributed by atoms with Crippen molar-refractivity contribution in [1.82, 2.24) is 0 Å². The predicted octanol–water partition coefficient (Wildman–Crippen LogP) is 0.906. The predicted molar refractivity (Wildman–Crippen MR) is 52.7 cm³/mol. The SMILES string of the molecule is C#CC(=O)c1ccc(S(C)(=O)=O)cc1. The number of hydrogen-bond acceptors (Lipinski definition) is 3. The van der Waals surface area contributed by atoms with Crippen LogP contribution in [0.25, 0.3) is 0 Å². The summed E-state index contributed by atoms with van der Waals surface area (Å²) in [6, 6.07) is 5.52. The minimum Gasteiger partial charge on any atom is -0.279 e. The standard InChI is InChI=1S/C10H8O3S/c1-3-10(11)8-4-6-9(7-5-8)14(2,12)13/h1,4-7H,2H3. The zero-order valence-electron chi connectivity index (χ0n) is 7.52. The third kappa shape index (κ3) is 2.21. The molecule has 72 valence electrons. The van der Waals surface area contributed by atoms with Crippen molar-refractivity contribution in [2.24, 2.45) is 0 Å². The Kier molecular flexibility index (Phi) is 2.73. The van der Waals surface area contributed by atoms with Gasteiger partial charge in [-0.1, -0.05) is 0 Å². The van der Waals surface area contributed by atoms with Crippen LogP contribution < -0.4 is 0 Å². The highest BCUT2D eigenvalue weighted by Crippen LogP contribution is 2.10. The molecule has 0 N–H and O–H groups in total. The molecule has 0 aliphatic rings. The lowest BCUT2D eigenvalue weighted by molar-refractivity contribution is 0.105. The monoisotopic (exact) mass is 208 g/mol. The molecule has 0 radical (unpaired) electrons. The first kappa shape index (κ1) is 10.5. The van der Waals surface area contributed by atoms with Gasteiger partial charge in [0.2, 0.25) is 5.78 Å². The van der Waals surface area contributed by atoms with Crippen molar-refractivity contribution in [1.29, 1.82) is 0 Å². The molecule has 0 aromatic heterocycles. The fraction of sp³-hybridized carbons (Fsp3) is 0.100. The van der Waals surface area contributed by atoms with E-state index in [4.69, 9.17) is 6.42 Å². The molecule has 0 unspecified atom stereocenters. The van der Waals surface area contributed by atoms with Crippen molar-refractivity contribution in [3.05, 3.63) is 29.8 Å². The maximum Gasteiger partial charge on any atom is 0.235 e. The molecule has 0 saturated carbocycles. The third-order valence-corrected chi connectivity index (χ3v) is 2.80. The van der Waals surface area contributed by atoms with E-state index in [9.17, 15) is 13.2 Å². The molecule has 0 aliphatic heterocycles. The quantitative estimate of drug-likeness (QED) is 0.412. The number of hydrogen-bond donors (Lipinski definition) is 0. The molecule has 4 heteroatoms. The lowest BCUT2D eigenvalue weighted by Crippen LogP contribution is -1.99. The van der Waals surface area contributed by atoms with E-state index < -0.39 is 15.6 Å². The summed E-state index contributed by atoms with van der Waals surface area (Å²) in [5, 5.41) is 0. The van der Waals surface area contributed by atoms with Crippen molar-refractivity contribution >= 4 is 15.6 Å². The molecule has 3 nitrogen and oxygen atoms in total. The fourth-order valence-corrected chi connectivity index (χ4v) is 1.57. The van der Waals surface area contributed by atoms with Gasteiger partial charge in [0.1, 0.15) is 0 Å². The number of carbonyl (C=O) groups excluding carboxylic acids is 1. The van der Waals surface area contributed by atoms with Crippen molar-refractivity contribution in [3.8, 4) is 12.3 Å². The number of carbonyl (C=O) groups is 1. The first-order valence-electron chi connectivity index (χ1n) is 3.76. The number of Topliss-reactive ketones (excluding diaryl/α,β-unsaturated/α-hetero) is 1. The molecule has 0 aliphatic carbocycles. The van der Waals surface area contributed by atoms with Gasteiger partial charge in [-0.05, 0) is 30.2 Å². The molecule has 0 spiro atoms. The van der Waals surface area contributed by atoms with Crippen LogP contribution in [0.5, 0.6) is 0 Å². The Hall–Kier alpha value is -1.60. The van der Waals surface area contributed by atoms with Crippen molar-refractivity contribution in [3.63, 3.8) is 0 Å². The van der Waals surface area contributed by atoms with Crippen LogP contribution in [0.15, 0.2) is 29.2 Å². The van der Waals surface area contributed by atoms with E-state index in [2.05, 4.69) is 0 Å². The van der Waals surface area contributed by atoms with Crippen molar-refractivity contribution in [2.75, 3.05) is 6.26 Å². The van der Waals surface area contributed by atoms with Crippen LogP contribution in [-0.2, 0) is 9.84 Å². The van der Waals surface area contributed by atoms with Crippen LogP contribution in [0.2, 0.25) is 0 Å². The zero-order valence-corrected chi connectivity index (χ0v) is 8.34. The summed E-state index contributed by atoms with van der Waals surface area (Å²) in [4.78, 5) is 11.2. The van der Waals surface area contributed by atoms with Crippen molar-refractivity contribution in [2.45, 2.75) is 4.90 Å². The van der Waals surface area contributed by atoms with Gasteiger partial charge < -0.3 is 0 Å². The third-order valence-electron chi connectivity index (χ3n) is 1.68. The van der Waals surface area contributed by atoms with Crippen LogP contribution in [0.3, 0.4) is 0 Å². The number of terminal acetylenes is 1. The number of ketones is 1. The van der Waals surface area contributed by atoms with Gasteiger partial charge in [0, 0.05) is 11.8 Å². The Morgan fingerprint density at radius 1 is 1.29 bits per heavy atom. The average Bonchev–Trinajstić information content (AvgIpc) is 2.15. The molecule has 1 aromatic carbocycles. The molecule has 14 heavy (non-hydrogen) atoms. The van der Waals surface area contributed by atoms with Gasteiger partial charge in [0.25, 0.3) is 0 Å². The summed E-state index contributed by atoms with van der Waals surface area (Å²) in [6.07, 6.45) is 6.01. The molecule has 1 rings (SSSR count). The topological polar surface area (TPSA) is 51.2 Å². The van der Waals surface area contributed by atoms with Crippen LogP contribution in [0.4, 0.5) is 0 Å². The normalized spacial score (nSPS) is 10.6. The second kappa shape index (κ2) is 3.64. The molecular weight excluding hydrogens is 200 g/mol. The number of sulfone groups is 1. The summed E-state index contributed by atoms with van der Waals surface area (Å²) in [5.74, 6) is 1.50. The first-order valence-corrected chi connectivity index (χ1v) is 5.65. The van der Waals surface area contributed by atoms with E-state index in [1.807, 2.05) is 5.92 Å². The highest BCUT2D eigenvalue weighted by atomic mass is 32.2. The van der Waals surface area contributed by atoms with E-state index in [0.29, 0.717) is 5.56 Å². The second-order valence-electron chi connectivity index (χ2n) is 2.77. The molecule has 0 atom stereocenters. The minimum atomic E-state index is -3.21. The van der Waals surface area contributed by atoms with Crippen LogP contribution >= 0.6 is 0 Å². The highest BCUT2D eigenvalue weighted by Gasteiger charge is 2.07.